The van der Waals surface area contributed by atoms with Crippen LogP contribution in [-0.4, -0.2) is 76.1 Å². The lowest BCUT2D eigenvalue weighted by Gasteiger charge is -2.36. The fourth-order valence-corrected chi connectivity index (χ4v) is 5.37. The molecule has 2 aromatic carbocycles. The highest BCUT2D eigenvalue weighted by Gasteiger charge is 2.54. The number of halogens is 1. The van der Waals surface area contributed by atoms with Gasteiger partial charge >= 0.3 is 17.5 Å². The third-order valence-electron chi connectivity index (χ3n) is 7.69. The van der Waals surface area contributed by atoms with E-state index in [9.17, 15) is 34.2 Å². The lowest BCUT2D eigenvalue weighted by Crippen LogP contribution is -2.57. The number of likely N-dealkylation sites (tertiary alicyclic amines) is 1. The number of anilines is 1. The lowest BCUT2D eigenvalue weighted by molar-refractivity contribution is -0.170. The molecule has 43 heavy (non-hydrogen) atoms. The summed E-state index contributed by atoms with van der Waals surface area (Å²) in [6.45, 7) is 5.85. The molecule has 1 saturated heterocycles. The first-order valence-electron chi connectivity index (χ1n) is 13.7. The number of rotatable bonds is 8. The van der Waals surface area contributed by atoms with Crippen molar-refractivity contribution in [1.82, 2.24) is 10.2 Å². The smallest absolute Gasteiger partial charge is 0.360 e. The number of hydrogen-bond acceptors (Lipinski definition) is 6. The quantitative estimate of drug-likeness (QED) is 0.303. The normalized spacial score (nSPS) is 18.1. The molecular formula is C31H34ClN3O8. The molecule has 228 valence electrons. The number of nitrogens with zero attached hydrogens (tertiary/aromatic N) is 2. The first-order chi connectivity index (χ1) is 20.1. The van der Waals surface area contributed by atoms with E-state index in [-0.39, 0.29) is 24.0 Å². The van der Waals surface area contributed by atoms with Gasteiger partial charge in [-0.1, -0.05) is 38.4 Å². The van der Waals surface area contributed by atoms with Gasteiger partial charge in [0.25, 0.3) is 0 Å². The lowest BCUT2D eigenvalue weighted by atomic mass is 9.85. The standard InChI is InChI=1S/C31H34ClN3O8/c1-30(2,3)25(27(38)35-15-5-6-22(35)26(37)34(4)21-11-9-20(32)10-12-21)33-24(36)14-8-18-7-13-23-19(16-18)17-31(43-23,28(39)40)29(41)42/h7-14,16,22,25H,5-6,15,17H2,1-4H3,(H,33,36)(H,39,40)(H,41,42)/t22-,25+/m0/s1. The second-order valence-corrected chi connectivity index (χ2v) is 12.2. The number of aliphatic carboxylic acids is 2. The van der Waals surface area contributed by atoms with Crippen LogP contribution < -0.4 is 15.0 Å². The van der Waals surface area contributed by atoms with E-state index >= 15 is 0 Å². The van der Waals surface area contributed by atoms with Crippen molar-refractivity contribution in [3.63, 3.8) is 0 Å². The SMILES string of the molecule is CN(C(=O)[C@@H]1CCCN1C(=O)[C@@H](NC(=O)C=Cc1ccc2c(c1)CC(C(=O)O)(C(=O)O)O2)C(C)(C)C)c1ccc(Cl)cc1. The maximum atomic E-state index is 13.8. The van der Waals surface area contributed by atoms with E-state index in [1.54, 1.807) is 43.4 Å². The van der Waals surface area contributed by atoms with Gasteiger partial charge in [-0.15, -0.1) is 0 Å². The van der Waals surface area contributed by atoms with Crippen molar-refractivity contribution in [2.45, 2.75) is 57.7 Å². The minimum absolute atomic E-state index is 0.140. The van der Waals surface area contributed by atoms with Gasteiger partial charge in [0, 0.05) is 42.4 Å². The highest BCUT2D eigenvalue weighted by Crippen LogP contribution is 2.36. The Labute approximate surface area is 254 Å². The Morgan fingerprint density at radius 1 is 1.09 bits per heavy atom. The molecule has 2 aliphatic heterocycles. The van der Waals surface area contributed by atoms with Crippen LogP contribution in [0.15, 0.2) is 48.5 Å². The molecule has 0 aromatic heterocycles. The summed E-state index contributed by atoms with van der Waals surface area (Å²) >= 11 is 5.98. The van der Waals surface area contributed by atoms with Gasteiger partial charge in [0.05, 0.1) is 0 Å². The number of likely N-dealkylation sites (N-methyl/N-ethyl adjacent to an activating group) is 1. The molecule has 2 aromatic rings. The molecule has 3 amide bonds. The van der Waals surface area contributed by atoms with Crippen LogP contribution in [0, 0.1) is 5.41 Å². The van der Waals surface area contributed by atoms with Crippen molar-refractivity contribution in [2.75, 3.05) is 18.5 Å². The molecular weight excluding hydrogens is 578 g/mol. The van der Waals surface area contributed by atoms with Crippen LogP contribution in [0.1, 0.15) is 44.7 Å². The predicted octanol–water partition coefficient (Wildman–Crippen LogP) is 3.38. The maximum absolute atomic E-state index is 13.8. The Hall–Kier alpha value is -4.38. The van der Waals surface area contributed by atoms with Crippen LogP contribution in [0.2, 0.25) is 5.02 Å². The number of fused-ring (bicyclic) bond motifs is 1. The van der Waals surface area contributed by atoms with Crippen molar-refractivity contribution in [1.29, 1.82) is 0 Å². The number of benzene rings is 2. The topological polar surface area (TPSA) is 154 Å². The maximum Gasteiger partial charge on any atom is 0.360 e. The Kier molecular flexibility index (Phi) is 8.87. The van der Waals surface area contributed by atoms with E-state index in [0.29, 0.717) is 41.2 Å². The summed E-state index contributed by atoms with van der Waals surface area (Å²) in [6, 6.07) is 9.79. The monoisotopic (exact) mass is 611 g/mol. The van der Waals surface area contributed by atoms with E-state index in [1.807, 2.05) is 20.8 Å². The van der Waals surface area contributed by atoms with E-state index in [0.717, 1.165) is 0 Å². The number of carboxylic acids is 2. The van der Waals surface area contributed by atoms with Crippen LogP contribution in [0.4, 0.5) is 5.69 Å². The first-order valence-corrected chi connectivity index (χ1v) is 14.1. The number of hydrogen-bond donors (Lipinski definition) is 3. The molecule has 2 heterocycles. The third kappa shape index (κ3) is 6.51. The Bertz CT molecular complexity index is 1470. The van der Waals surface area contributed by atoms with Crippen molar-refractivity contribution in [2.24, 2.45) is 5.41 Å². The molecule has 0 saturated carbocycles. The van der Waals surface area contributed by atoms with Crippen molar-refractivity contribution < 1.29 is 38.9 Å². The van der Waals surface area contributed by atoms with Crippen molar-refractivity contribution >= 4 is 53.0 Å². The molecule has 1 fully saturated rings. The van der Waals surface area contributed by atoms with Crippen LogP contribution in [0.3, 0.4) is 0 Å². The number of nitrogens with one attached hydrogen (secondary N) is 1. The highest BCUT2D eigenvalue weighted by molar-refractivity contribution is 6.30. The summed E-state index contributed by atoms with van der Waals surface area (Å²) in [5, 5.41) is 22.2. The van der Waals surface area contributed by atoms with Gasteiger partial charge in [-0.3, -0.25) is 14.4 Å². The summed E-state index contributed by atoms with van der Waals surface area (Å²) in [5.74, 6) is -4.21. The molecule has 2 atom stereocenters. The third-order valence-corrected chi connectivity index (χ3v) is 7.94. The molecule has 2 aliphatic rings. The Morgan fingerprint density at radius 2 is 1.74 bits per heavy atom. The Balaban J connectivity index is 1.47. The summed E-state index contributed by atoms with van der Waals surface area (Å²) in [5.41, 5.74) is -1.54. The number of amides is 3. The minimum Gasteiger partial charge on any atom is -0.478 e. The average molecular weight is 612 g/mol. The fraction of sp³-hybridized carbons (Fsp3) is 0.387. The summed E-state index contributed by atoms with van der Waals surface area (Å²) < 4.78 is 5.26. The zero-order valence-corrected chi connectivity index (χ0v) is 25.1. The van der Waals surface area contributed by atoms with E-state index < -0.39 is 40.9 Å². The minimum atomic E-state index is -2.40. The zero-order valence-electron chi connectivity index (χ0n) is 24.3. The largest absolute Gasteiger partial charge is 0.478 e. The van der Waals surface area contributed by atoms with Crippen molar-refractivity contribution in [3.05, 3.63) is 64.7 Å². The molecule has 3 N–H and O–H groups in total. The van der Waals surface area contributed by atoms with E-state index in [2.05, 4.69) is 5.32 Å². The molecule has 0 aliphatic carbocycles. The fourth-order valence-electron chi connectivity index (χ4n) is 5.24. The van der Waals surface area contributed by atoms with Gasteiger partial charge in [0.15, 0.2) is 0 Å². The molecule has 4 rings (SSSR count). The Morgan fingerprint density at radius 3 is 2.35 bits per heavy atom. The average Bonchev–Trinajstić information content (AvgIpc) is 3.59. The van der Waals surface area contributed by atoms with Gasteiger partial charge in [-0.05, 0) is 66.3 Å². The number of carboxylic acid groups (broad SMARTS) is 2. The summed E-state index contributed by atoms with van der Waals surface area (Å²) in [7, 11) is 1.65. The van der Waals surface area contributed by atoms with Gasteiger partial charge in [0.2, 0.25) is 17.7 Å². The molecule has 11 nitrogen and oxygen atoms in total. The van der Waals surface area contributed by atoms with Gasteiger partial charge in [0.1, 0.15) is 17.8 Å². The van der Waals surface area contributed by atoms with E-state index in [1.165, 1.54) is 28.0 Å². The zero-order chi connectivity index (χ0) is 31.7. The van der Waals surface area contributed by atoms with Gasteiger partial charge in [-0.2, -0.15) is 0 Å². The first kappa shape index (κ1) is 31.6. The van der Waals surface area contributed by atoms with Crippen LogP contribution >= 0.6 is 11.6 Å². The number of ether oxygens (including phenoxy) is 1. The molecule has 0 radical (unpaired) electrons. The van der Waals surface area contributed by atoms with Crippen molar-refractivity contribution in [3.8, 4) is 5.75 Å². The van der Waals surface area contributed by atoms with E-state index in [4.69, 9.17) is 16.3 Å². The second-order valence-electron chi connectivity index (χ2n) is 11.8. The molecule has 0 unspecified atom stereocenters. The summed E-state index contributed by atoms with van der Waals surface area (Å²) in [4.78, 5) is 66.5. The predicted molar refractivity (Wildman–Crippen MR) is 159 cm³/mol. The second kappa shape index (κ2) is 12.1. The van der Waals surface area contributed by atoms with Crippen LogP contribution in [0.25, 0.3) is 6.08 Å². The highest BCUT2D eigenvalue weighted by atomic mass is 35.5. The van der Waals surface area contributed by atoms with Crippen LogP contribution in [0.5, 0.6) is 5.75 Å². The van der Waals surface area contributed by atoms with Gasteiger partial charge < -0.3 is 30.1 Å². The van der Waals surface area contributed by atoms with Crippen LogP contribution in [-0.2, 0) is 30.4 Å². The number of carbonyl (C=O) groups excluding carboxylic acids is 3. The molecule has 12 heteroatoms. The number of carbonyl (C=O) groups is 5. The summed E-state index contributed by atoms with van der Waals surface area (Å²) in [6.07, 6.45) is 3.50. The molecule has 0 spiro atoms. The molecule has 0 bridgehead atoms. The van der Waals surface area contributed by atoms with Gasteiger partial charge in [-0.25, -0.2) is 9.59 Å².